The lowest BCUT2D eigenvalue weighted by Crippen LogP contribution is -2.30. The van der Waals surface area contributed by atoms with E-state index in [4.69, 9.17) is 10.8 Å². The molecule has 3 unspecified atom stereocenters. The number of thiophene rings is 1. The van der Waals surface area contributed by atoms with Gasteiger partial charge in [-0.15, -0.1) is 23.1 Å². The van der Waals surface area contributed by atoms with Crippen LogP contribution in [0.3, 0.4) is 0 Å². The maximum absolute atomic E-state index is 12.6. The Kier molecular flexibility index (Phi) is 5.89. The van der Waals surface area contributed by atoms with E-state index < -0.39 is 17.9 Å². The van der Waals surface area contributed by atoms with Gasteiger partial charge in [0.25, 0.3) is 5.91 Å². The summed E-state index contributed by atoms with van der Waals surface area (Å²) >= 11 is 2.91. The molecular weight excluding hydrogens is 374 g/mol. The average molecular weight is 398 g/mol. The molecule has 0 aromatic carbocycles. The number of thioether (sulfide) groups is 1. The number of amides is 2. The lowest BCUT2D eigenvalue weighted by Gasteiger charge is -2.15. The molecule has 0 radical (unpaired) electrons. The van der Waals surface area contributed by atoms with Gasteiger partial charge < -0.3 is 21.5 Å². The van der Waals surface area contributed by atoms with Crippen molar-refractivity contribution in [2.75, 3.05) is 11.9 Å². The normalized spacial score (nSPS) is 23.3. The summed E-state index contributed by atoms with van der Waals surface area (Å²) in [4.78, 5) is 36.6. The molecule has 3 atom stereocenters. The molecule has 1 aliphatic carbocycles. The number of aliphatic carboxylic acids is 1. The van der Waals surface area contributed by atoms with Gasteiger partial charge in [0.15, 0.2) is 0 Å². The van der Waals surface area contributed by atoms with Crippen LogP contribution >= 0.6 is 23.1 Å². The summed E-state index contributed by atoms with van der Waals surface area (Å²) in [6.07, 6.45) is 4.37. The van der Waals surface area contributed by atoms with Crippen molar-refractivity contribution in [3.05, 3.63) is 16.0 Å². The van der Waals surface area contributed by atoms with E-state index in [1.165, 1.54) is 23.1 Å². The Morgan fingerprint density at radius 3 is 2.73 bits per heavy atom. The summed E-state index contributed by atoms with van der Waals surface area (Å²) in [5.74, 6) is -1.54. The number of carboxylic acids is 1. The number of hydrogen-bond donors (Lipinski definition) is 4. The van der Waals surface area contributed by atoms with Gasteiger partial charge in [-0.05, 0) is 44.6 Å². The minimum Gasteiger partial charge on any atom is -0.480 e. The van der Waals surface area contributed by atoms with Crippen LogP contribution in [0.4, 0.5) is 5.00 Å². The van der Waals surface area contributed by atoms with Gasteiger partial charge in [0.05, 0.1) is 10.8 Å². The van der Waals surface area contributed by atoms with Crippen molar-refractivity contribution in [1.29, 1.82) is 0 Å². The molecule has 2 aliphatic rings. The highest BCUT2D eigenvalue weighted by Crippen LogP contribution is 2.38. The minimum absolute atomic E-state index is 0.0732. The first-order chi connectivity index (χ1) is 12.4. The molecule has 3 rings (SSSR count). The number of nitrogens with two attached hydrogens (primary N) is 1. The van der Waals surface area contributed by atoms with Gasteiger partial charge in [-0.1, -0.05) is 0 Å². The van der Waals surface area contributed by atoms with Gasteiger partial charge in [0.2, 0.25) is 5.91 Å². The first kappa shape index (κ1) is 19.2. The molecule has 0 spiro atoms. The van der Waals surface area contributed by atoms with E-state index in [1.807, 2.05) is 0 Å². The molecule has 2 heterocycles. The van der Waals surface area contributed by atoms with Crippen molar-refractivity contribution >= 4 is 45.9 Å². The molecule has 142 valence electrons. The molecule has 1 aromatic rings. The number of rotatable bonds is 6. The second-order valence-corrected chi connectivity index (χ2v) is 9.45. The number of fused-ring (bicyclic) bond motifs is 1. The van der Waals surface area contributed by atoms with Crippen LogP contribution in [0, 0.1) is 0 Å². The third-order valence-electron chi connectivity index (χ3n) is 4.81. The average Bonchev–Trinajstić information content (AvgIpc) is 3.18. The van der Waals surface area contributed by atoms with Crippen LogP contribution in [-0.4, -0.2) is 46.0 Å². The Bertz CT molecular complexity index is 734. The number of aryl methyl sites for hydroxylation is 1. The zero-order valence-electron chi connectivity index (χ0n) is 14.5. The van der Waals surface area contributed by atoms with Gasteiger partial charge in [-0.25, -0.2) is 0 Å². The van der Waals surface area contributed by atoms with Crippen molar-refractivity contribution in [2.24, 2.45) is 5.73 Å². The number of hydrogen-bond acceptors (Lipinski definition) is 6. The Morgan fingerprint density at radius 2 is 2.08 bits per heavy atom. The molecule has 1 saturated heterocycles. The fourth-order valence-electron chi connectivity index (χ4n) is 3.47. The number of anilines is 1. The molecule has 5 N–H and O–H groups in total. The molecule has 1 fully saturated rings. The van der Waals surface area contributed by atoms with Crippen LogP contribution < -0.4 is 16.4 Å². The molecule has 0 saturated carbocycles. The maximum Gasteiger partial charge on any atom is 0.320 e. The van der Waals surface area contributed by atoms with Crippen LogP contribution in [0.1, 0.15) is 47.0 Å². The monoisotopic (exact) mass is 397 g/mol. The van der Waals surface area contributed by atoms with Crippen molar-refractivity contribution < 1.29 is 19.5 Å². The number of primary amides is 1. The number of carboxylic acid groups (broad SMARTS) is 1. The number of carbonyl (C=O) groups is 3. The highest BCUT2D eigenvalue weighted by Gasteiger charge is 2.32. The smallest absolute Gasteiger partial charge is 0.320 e. The van der Waals surface area contributed by atoms with Crippen LogP contribution in [0.5, 0.6) is 0 Å². The van der Waals surface area contributed by atoms with Gasteiger partial charge in [-0.2, -0.15) is 0 Å². The van der Waals surface area contributed by atoms with E-state index in [2.05, 4.69) is 10.6 Å². The summed E-state index contributed by atoms with van der Waals surface area (Å²) in [7, 11) is 0. The Labute approximate surface area is 160 Å². The SMILES string of the molecule is CC(SC1CNC(C(=O)O)C1)C(=O)Nc1sc2c(c1C(N)=O)CCCC2. The zero-order valence-corrected chi connectivity index (χ0v) is 16.2. The molecule has 0 bridgehead atoms. The van der Waals surface area contributed by atoms with Crippen molar-refractivity contribution in [3.8, 4) is 0 Å². The number of nitrogens with one attached hydrogen (secondary N) is 2. The molecule has 9 heteroatoms. The predicted molar refractivity (Wildman–Crippen MR) is 103 cm³/mol. The van der Waals surface area contributed by atoms with E-state index in [0.29, 0.717) is 23.5 Å². The molecule has 2 amide bonds. The lowest BCUT2D eigenvalue weighted by molar-refractivity contribution is -0.139. The summed E-state index contributed by atoms with van der Waals surface area (Å²) in [6, 6.07) is -0.548. The van der Waals surface area contributed by atoms with E-state index in [1.54, 1.807) is 6.92 Å². The van der Waals surface area contributed by atoms with Crippen LogP contribution in [0.2, 0.25) is 0 Å². The van der Waals surface area contributed by atoms with E-state index in [0.717, 1.165) is 36.1 Å². The molecule has 26 heavy (non-hydrogen) atoms. The zero-order chi connectivity index (χ0) is 18.8. The largest absolute Gasteiger partial charge is 0.480 e. The third-order valence-corrected chi connectivity index (χ3v) is 7.38. The van der Waals surface area contributed by atoms with Gasteiger partial charge in [0, 0.05) is 16.7 Å². The second-order valence-electron chi connectivity index (χ2n) is 6.70. The number of carbonyl (C=O) groups excluding carboxylic acids is 2. The van der Waals surface area contributed by atoms with Crippen molar-refractivity contribution in [1.82, 2.24) is 5.32 Å². The fourth-order valence-corrected chi connectivity index (χ4v) is 6.03. The first-order valence-corrected chi connectivity index (χ1v) is 10.5. The Hall–Kier alpha value is -1.58. The van der Waals surface area contributed by atoms with Crippen LogP contribution in [-0.2, 0) is 22.4 Å². The van der Waals surface area contributed by atoms with Gasteiger partial charge >= 0.3 is 5.97 Å². The summed E-state index contributed by atoms with van der Waals surface area (Å²) in [5.41, 5.74) is 7.01. The third kappa shape index (κ3) is 4.05. The van der Waals surface area contributed by atoms with Crippen LogP contribution in [0.25, 0.3) is 0 Å². The van der Waals surface area contributed by atoms with Gasteiger partial charge in [-0.3, -0.25) is 14.4 Å². The second kappa shape index (κ2) is 7.98. The van der Waals surface area contributed by atoms with E-state index >= 15 is 0 Å². The Balaban J connectivity index is 1.65. The van der Waals surface area contributed by atoms with Gasteiger partial charge in [0.1, 0.15) is 11.0 Å². The summed E-state index contributed by atoms with van der Waals surface area (Å²) < 4.78 is 0. The van der Waals surface area contributed by atoms with E-state index in [9.17, 15) is 14.4 Å². The highest BCUT2D eigenvalue weighted by atomic mass is 32.2. The maximum atomic E-state index is 12.6. The lowest BCUT2D eigenvalue weighted by atomic mass is 9.95. The standard InChI is InChI=1S/C17H23N3O4S2/c1-8(25-9-6-11(17(23)24)19-7-9)15(22)20-16-13(14(18)21)10-4-2-3-5-12(10)26-16/h8-9,11,19H,2-7H2,1H3,(H2,18,21)(H,20,22)(H,23,24). The van der Waals surface area contributed by atoms with Crippen LogP contribution in [0.15, 0.2) is 0 Å². The first-order valence-electron chi connectivity index (χ1n) is 8.73. The quantitative estimate of drug-likeness (QED) is 0.578. The van der Waals surface area contributed by atoms with Crippen molar-refractivity contribution in [2.45, 2.75) is 55.6 Å². The van der Waals surface area contributed by atoms with E-state index in [-0.39, 0.29) is 16.4 Å². The van der Waals surface area contributed by atoms with Crippen molar-refractivity contribution in [3.63, 3.8) is 0 Å². The fraction of sp³-hybridized carbons (Fsp3) is 0.588. The molecule has 1 aliphatic heterocycles. The molecule has 7 nitrogen and oxygen atoms in total. The molecule has 1 aromatic heterocycles. The topological polar surface area (TPSA) is 122 Å². The predicted octanol–water partition coefficient (Wildman–Crippen LogP) is 1.60. The summed E-state index contributed by atoms with van der Waals surface area (Å²) in [5, 5.41) is 15.1. The Morgan fingerprint density at radius 1 is 1.35 bits per heavy atom. The minimum atomic E-state index is -0.861. The summed E-state index contributed by atoms with van der Waals surface area (Å²) in [6.45, 7) is 2.37. The molecular formula is C17H23N3O4S2. The highest BCUT2D eigenvalue weighted by molar-refractivity contribution is 8.01.